The zero-order valence-electron chi connectivity index (χ0n) is 8.83. The number of nitrogens with two attached hydrogens (primary N) is 1. The van der Waals surface area contributed by atoms with Crippen LogP contribution in [0.25, 0.3) is 0 Å². The van der Waals surface area contributed by atoms with E-state index in [4.69, 9.17) is 5.73 Å². The van der Waals surface area contributed by atoms with Crippen LogP contribution in [0.3, 0.4) is 0 Å². The predicted molar refractivity (Wildman–Crippen MR) is 60.4 cm³/mol. The second kappa shape index (κ2) is 4.21. The van der Waals surface area contributed by atoms with Crippen LogP contribution in [0.2, 0.25) is 0 Å². The van der Waals surface area contributed by atoms with E-state index in [0.29, 0.717) is 12.5 Å². The van der Waals surface area contributed by atoms with Gasteiger partial charge in [0.2, 0.25) is 5.91 Å². The van der Waals surface area contributed by atoms with Gasteiger partial charge >= 0.3 is 0 Å². The van der Waals surface area contributed by atoms with Gasteiger partial charge in [-0.3, -0.25) is 9.79 Å². The Morgan fingerprint density at radius 3 is 2.86 bits per heavy atom. The lowest BCUT2D eigenvalue weighted by Crippen LogP contribution is -2.44. The van der Waals surface area contributed by atoms with Crippen LogP contribution in [0.1, 0.15) is 27.2 Å². The number of primary amides is 1. The largest absolute Gasteiger partial charge is 0.370 e. The summed E-state index contributed by atoms with van der Waals surface area (Å²) in [4.78, 5) is 15.2. The Hall–Kier alpha value is -0.710. The van der Waals surface area contributed by atoms with E-state index in [1.165, 1.54) is 0 Å². The maximum Gasteiger partial charge on any atom is 0.219 e. The average Bonchev–Trinajstić information content (AvgIpc) is 2.30. The summed E-state index contributed by atoms with van der Waals surface area (Å²) in [5, 5.41) is 4.15. The van der Waals surface area contributed by atoms with E-state index in [-0.39, 0.29) is 11.4 Å². The standard InChI is InChI=1S/C9H17N3OS/c1-6-5-14-8(11-6)12-9(2,3)4-7(10)13/h6H,4-5H2,1-3H3,(H2,10,13)(H,11,12). The van der Waals surface area contributed by atoms with Crippen molar-refractivity contribution in [3.8, 4) is 0 Å². The van der Waals surface area contributed by atoms with Crippen molar-refractivity contribution in [1.82, 2.24) is 5.32 Å². The van der Waals surface area contributed by atoms with Crippen LogP contribution in [0.5, 0.6) is 0 Å². The van der Waals surface area contributed by atoms with E-state index < -0.39 is 0 Å². The molecule has 0 aromatic heterocycles. The second-order valence-corrected chi connectivity index (χ2v) is 5.25. The zero-order chi connectivity index (χ0) is 10.8. The van der Waals surface area contributed by atoms with E-state index >= 15 is 0 Å². The Bertz CT molecular complexity index is 263. The van der Waals surface area contributed by atoms with Gasteiger partial charge in [-0.2, -0.15) is 0 Å². The van der Waals surface area contributed by atoms with Crippen molar-refractivity contribution in [2.75, 3.05) is 5.75 Å². The summed E-state index contributed by atoms with van der Waals surface area (Å²) in [7, 11) is 0. The number of thioether (sulfide) groups is 1. The molecule has 0 bridgehead atoms. The molecule has 1 aliphatic rings. The highest BCUT2D eigenvalue weighted by Gasteiger charge is 2.24. The maximum atomic E-state index is 10.8. The van der Waals surface area contributed by atoms with Crippen molar-refractivity contribution in [2.24, 2.45) is 10.7 Å². The Kier molecular flexibility index (Phi) is 3.42. The molecule has 0 aromatic rings. The zero-order valence-corrected chi connectivity index (χ0v) is 9.65. The first-order valence-electron chi connectivity index (χ1n) is 4.66. The van der Waals surface area contributed by atoms with Crippen LogP contribution in [-0.4, -0.2) is 28.4 Å². The van der Waals surface area contributed by atoms with Crippen LogP contribution in [-0.2, 0) is 4.79 Å². The fourth-order valence-electron chi connectivity index (χ4n) is 1.31. The molecule has 1 amide bonds. The SMILES string of the molecule is CC1CSC(NC(C)(C)CC(N)=O)=N1. The quantitative estimate of drug-likeness (QED) is 0.729. The number of hydrogen-bond donors (Lipinski definition) is 2. The molecule has 1 rings (SSSR count). The van der Waals surface area contributed by atoms with Crippen molar-refractivity contribution in [3.05, 3.63) is 0 Å². The van der Waals surface area contributed by atoms with E-state index in [1.54, 1.807) is 11.8 Å². The average molecular weight is 215 g/mol. The van der Waals surface area contributed by atoms with Crippen LogP contribution in [0.4, 0.5) is 0 Å². The molecule has 5 heteroatoms. The van der Waals surface area contributed by atoms with Crippen molar-refractivity contribution < 1.29 is 4.79 Å². The molecular weight excluding hydrogens is 198 g/mol. The summed E-state index contributed by atoms with van der Waals surface area (Å²) in [5.74, 6) is 0.716. The minimum absolute atomic E-state index is 0.292. The normalized spacial score (nSPS) is 21.9. The number of nitrogens with one attached hydrogen (secondary N) is 1. The number of nitrogens with zero attached hydrogens (tertiary/aromatic N) is 1. The molecule has 0 aliphatic carbocycles. The molecule has 0 fully saturated rings. The highest BCUT2D eigenvalue weighted by molar-refractivity contribution is 8.14. The molecule has 3 N–H and O–H groups in total. The molecule has 0 spiro atoms. The summed E-state index contributed by atoms with van der Waals surface area (Å²) in [6.07, 6.45) is 0.320. The first-order valence-corrected chi connectivity index (χ1v) is 5.65. The Labute approximate surface area is 88.7 Å². The Morgan fingerprint density at radius 2 is 2.43 bits per heavy atom. The van der Waals surface area contributed by atoms with Crippen molar-refractivity contribution in [3.63, 3.8) is 0 Å². The molecule has 0 radical (unpaired) electrons. The molecule has 0 saturated carbocycles. The molecule has 14 heavy (non-hydrogen) atoms. The van der Waals surface area contributed by atoms with Gasteiger partial charge in [-0.05, 0) is 20.8 Å². The third kappa shape index (κ3) is 3.57. The number of carbonyl (C=O) groups is 1. The van der Waals surface area contributed by atoms with Crippen molar-refractivity contribution >= 4 is 22.8 Å². The minimum atomic E-state index is -0.304. The lowest BCUT2D eigenvalue weighted by atomic mass is 10.0. The number of carbonyl (C=O) groups excluding carboxylic acids is 1. The van der Waals surface area contributed by atoms with Gasteiger partial charge in [0, 0.05) is 17.7 Å². The van der Waals surface area contributed by atoms with E-state index in [0.717, 1.165) is 10.9 Å². The topological polar surface area (TPSA) is 67.5 Å². The van der Waals surface area contributed by atoms with E-state index in [9.17, 15) is 4.79 Å². The van der Waals surface area contributed by atoms with Gasteiger partial charge in [0.25, 0.3) is 0 Å². The van der Waals surface area contributed by atoms with Crippen molar-refractivity contribution in [2.45, 2.75) is 38.8 Å². The molecule has 80 valence electrons. The summed E-state index contributed by atoms with van der Waals surface area (Å²) in [6, 6.07) is 0.367. The summed E-state index contributed by atoms with van der Waals surface area (Å²) in [6.45, 7) is 5.97. The van der Waals surface area contributed by atoms with Crippen LogP contribution < -0.4 is 11.1 Å². The smallest absolute Gasteiger partial charge is 0.219 e. The molecule has 1 aliphatic heterocycles. The van der Waals surface area contributed by atoms with Crippen LogP contribution in [0.15, 0.2) is 4.99 Å². The van der Waals surface area contributed by atoms with Gasteiger partial charge < -0.3 is 11.1 Å². The van der Waals surface area contributed by atoms with Crippen LogP contribution >= 0.6 is 11.8 Å². The van der Waals surface area contributed by atoms with Gasteiger partial charge in [-0.15, -0.1) is 0 Å². The highest BCUT2D eigenvalue weighted by atomic mass is 32.2. The number of amidine groups is 1. The first kappa shape index (κ1) is 11.4. The predicted octanol–water partition coefficient (Wildman–Crippen LogP) is 0.721. The lowest BCUT2D eigenvalue weighted by Gasteiger charge is -2.25. The lowest BCUT2D eigenvalue weighted by molar-refractivity contribution is -0.119. The number of hydrogen-bond acceptors (Lipinski definition) is 4. The molecule has 4 nitrogen and oxygen atoms in total. The fraction of sp³-hybridized carbons (Fsp3) is 0.778. The van der Waals surface area contributed by atoms with Gasteiger partial charge in [0.15, 0.2) is 5.17 Å². The van der Waals surface area contributed by atoms with Gasteiger partial charge in [-0.25, -0.2) is 0 Å². The van der Waals surface area contributed by atoms with Gasteiger partial charge in [0.1, 0.15) is 0 Å². The Balaban J connectivity index is 2.50. The minimum Gasteiger partial charge on any atom is -0.370 e. The van der Waals surface area contributed by atoms with E-state index in [1.807, 2.05) is 13.8 Å². The summed E-state index contributed by atoms with van der Waals surface area (Å²) in [5.41, 5.74) is 4.85. The highest BCUT2D eigenvalue weighted by Crippen LogP contribution is 2.19. The molecule has 0 aromatic carbocycles. The summed E-state index contributed by atoms with van der Waals surface area (Å²) >= 11 is 1.69. The fourth-order valence-corrected chi connectivity index (χ4v) is 2.39. The number of rotatable bonds is 3. The number of amides is 1. The third-order valence-electron chi connectivity index (χ3n) is 1.86. The summed E-state index contributed by atoms with van der Waals surface area (Å²) < 4.78 is 0. The molecular formula is C9H17N3OS. The monoisotopic (exact) mass is 215 g/mol. The molecule has 0 saturated heterocycles. The van der Waals surface area contributed by atoms with Crippen LogP contribution in [0, 0.1) is 0 Å². The molecule has 1 heterocycles. The first-order chi connectivity index (χ1) is 6.39. The third-order valence-corrected chi connectivity index (χ3v) is 2.99. The molecule has 1 atom stereocenters. The second-order valence-electron chi connectivity index (χ2n) is 4.25. The Morgan fingerprint density at radius 1 is 1.79 bits per heavy atom. The van der Waals surface area contributed by atoms with Gasteiger partial charge in [-0.1, -0.05) is 11.8 Å². The van der Waals surface area contributed by atoms with Crippen molar-refractivity contribution in [1.29, 1.82) is 0 Å². The van der Waals surface area contributed by atoms with Gasteiger partial charge in [0.05, 0.1) is 6.04 Å². The molecule has 1 unspecified atom stereocenters. The van der Waals surface area contributed by atoms with E-state index in [2.05, 4.69) is 17.2 Å². The maximum absolute atomic E-state index is 10.8. The number of aliphatic imine (C=N–C) groups is 1.